The SMILES string of the molecule is CSc1nc2cc(C(=O)O)ccc2n1C. The number of carboxylic acid groups (broad SMARTS) is 1. The number of carbonyl (C=O) groups is 1. The van der Waals surface area contributed by atoms with E-state index in [1.54, 1.807) is 18.2 Å². The third kappa shape index (κ3) is 1.59. The lowest BCUT2D eigenvalue weighted by atomic mass is 10.2. The molecule has 1 aromatic carbocycles. The molecule has 4 nitrogen and oxygen atoms in total. The molecular formula is C10H10N2O2S. The summed E-state index contributed by atoms with van der Waals surface area (Å²) in [5.41, 5.74) is 1.94. The number of nitrogens with zero attached hydrogens (tertiary/aromatic N) is 2. The molecule has 0 unspecified atom stereocenters. The highest BCUT2D eigenvalue weighted by molar-refractivity contribution is 7.98. The maximum atomic E-state index is 10.8. The lowest BCUT2D eigenvalue weighted by molar-refractivity contribution is 0.0697. The molecular weight excluding hydrogens is 212 g/mol. The van der Waals surface area contributed by atoms with E-state index < -0.39 is 5.97 Å². The van der Waals surface area contributed by atoms with Gasteiger partial charge in [0.1, 0.15) is 0 Å². The number of fused-ring (bicyclic) bond motifs is 1. The number of hydrogen-bond donors (Lipinski definition) is 1. The number of aromatic carboxylic acids is 1. The average molecular weight is 222 g/mol. The Labute approximate surface area is 90.9 Å². The van der Waals surface area contributed by atoms with Crippen molar-refractivity contribution < 1.29 is 9.90 Å². The fourth-order valence-corrected chi connectivity index (χ4v) is 2.06. The van der Waals surface area contributed by atoms with E-state index in [2.05, 4.69) is 4.98 Å². The number of carboxylic acids is 1. The van der Waals surface area contributed by atoms with Gasteiger partial charge in [-0.2, -0.15) is 0 Å². The zero-order valence-electron chi connectivity index (χ0n) is 8.39. The van der Waals surface area contributed by atoms with E-state index in [4.69, 9.17) is 5.11 Å². The summed E-state index contributed by atoms with van der Waals surface area (Å²) in [6, 6.07) is 4.97. The van der Waals surface area contributed by atoms with Crippen LogP contribution in [0.4, 0.5) is 0 Å². The second kappa shape index (κ2) is 3.58. The number of aryl methyl sites for hydroxylation is 1. The first-order valence-corrected chi connectivity index (χ1v) is 5.59. The van der Waals surface area contributed by atoms with Crippen LogP contribution in [0.25, 0.3) is 11.0 Å². The third-order valence-corrected chi connectivity index (χ3v) is 3.00. The Kier molecular flexibility index (Phi) is 2.40. The van der Waals surface area contributed by atoms with E-state index in [-0.39, 0.29) is 5.56 Å². The average Bonchev–Trinajstić information content (AvgIpc) is 2.55. The van der Waals surface area contributed by atoms with E-state index in [1.165, 1.54) is 11.8 Å². The Morgan fingerprint density at radius 3 is 2.87 bits per heavy atom. The van der Waals surface area contributed by atoms with Gasteiger partial charge in [0.15, 0.2) is 5.16 Å². The molecule has 0 aliphatic heterocycles. The molecule has 5 heteroatoms. The van der Waals surface area contributed by atoms with Crippen LogP contribution < -0.4 is 0 Å². The molecule has 15 heavy (non-hydrogen) atoms. The molecule has 2 aromatic rings. The number of rotatable bonds is 2. The lowest BCUT2D eigenvalue weighted by Gasteiger charge is -1.97. The molecule has 0 radical (unpaired) electrons. The van der Waals surface area contributed by atoms with Gasteiger partial charge in [0, 0.05) is 7.05 Å². The molecule has 0 amide bonds. The minimum atomic E-state index is -0.923. The monoisotopic (exact) mass is 222 g/mol. The van der Waals surface area contributed by atoms with Gasteiger partial charge >= 0.3 is 5.97 Å². The minimum absolute atomic E-state index is 0.272. The van der Waals surface area contributed by atoms with Gasteiger partial charge in [0.2, 0.25) is 0 Å². The minimum Gasteiger partial charge on any atom is -0.478 e. The van der Waals surface area contributed by atoms with Crippen molar-refractivity contribution in [2.45, 2.75) is 5.16 Å². The van der Waals surface area contributed by atoms with Crippen LogP contribution in [0.5, 0.6) is 0 Å². The quantitative estimate of drug-likeness (QED) is 0.789. The van der Waals surface area contributed by atoms with Crippen LogP contribution in [0.2, 0.25) is 0 Å². The molecule has 0 aliphatic carbocycles. The van der Waals surface area contributed by atoms with Crippen molar-refractivity contribution in [3.8, 4) is 0 Å². The van der Waals surface area contributed by atoms with E-state index in [1.807, 2.05) is 17.9 Å². The number of aromatic nitrogens is 2. The molecule has 1 aromatic heterocycles. The molecule has 0 atom stereocenters. The normalized spacial score (nSPS) is 10.8. The Hall–Kier alpha value is -1.49. The van der Waals surface area contributed by atoms with E-state index in [9.17, 15) is 4.79 Å². The fourth-order valence-electron chi connectivity index (χ4n) is 1.49. The van der Waals surface area contributed by atoms with Crippen molar-refractivity contribution in [3.05, 3.63) is 23.8 Å². The Bertz CT molecular complexity index is 533. The number of imidazole rings is 1. The van der Waals surface area contributed by atoms with Gasteiger partial charge < -0.3 is 9.67 Å². The van der Waals surface area contributed by atoms with Gasteiger partial charge in [-0.25, -0.2) is 9.78 Å². The molecule has 0 aliphatic rings. The van der Waals surface area contributed by atoms with Gasteiger partial charge in [-0.05, 0) is 24.5 Å². The topological polar surface area (TPSA) is 55.1 Å². The summed E-state index contributed by atoms with van der Waals surface area (Å²) in [6.07, 6.45) is 1.94. The first-order chi connectivity index (χ1) is 7.13. The highest BCUT2D eigenvalue weighted by Crippen LogP contribution is 2.21. The summed E-state index contributed by atoms with van der Waals surface area (Å²) in [5.74, 6) is -0.923. The van der Waals surface area contributed by atoms with E-state index in [0.29, 0.717) is 0 Å². The highest BCUT2D eigenvalue weighted by atomic mass is 32.2. The summed E-state index contributed by atoms with van der Waals surface area (Å²) in [4.78, 5) is 15.1. The first-order valence-electron chi connectivity index (χ1n) is 4.37. The van der Waals surface area contributed by atoms with Crippen LogP contribution in [0.15, 0.2) is 23.4 Å². The zero-order valence-corrected chi connectivity index (χ0v) is 9.21. The standard InChI is InChI=1S/C10H10N2O2S/c1-12-8-4-3-6(9(13)14)5-7(8)11-10(12)15-2/h3-5H,1-2H3,(H,13,14). The maximum absolute atomic E-state index is 10.8. The van der Waals surface area contributed by atoms with Crippen molar-refractivity contribution in [2.75, 3.05) is 6.26 Å². The van der Waals surface area contributed by atoms with Gasteiger partial charge in [-0.1, -0.05) is 11.8 Å². The Balaban J connectivity index is 2.68. The van der Waals surface area contributed by atoms with Gasteiger partial charge in [0.05, 0.1) is 16.6 Å². The predicted molar refractivity (Wildman–Crippen MR) is 59.5 cm³/mol. The van der Waals surface area contributed by atoms with Crippen LogP contribution in [0.3, 0.4) is 0 Å². The molecule has 0 fully saturated rings. The lowest BCUT2D eigenvalue weighted by Crippen LogP contribution is -1.95. The molecule has 0 saturated heterocycles. The number of hydrogen-bond acceptors (Lipinski definition) is 3. The van der Waals surface area contributed by atoms with Crippen LogP contribution in [-0.2, 0) is 7.05 Å². The zero-order chi connectivity index (χ0) is 11.0. The maximum Gasteiger partial charge on any atom is 0.335 e. The molecule has 78 valence electrons. The van der Waals surface area contributed by atoms with Gasteiger partial charge in [-0.3, -0.25) is 0 Å². The van der Waals surface area contributed by atoms with E-state index >= 15 is 0 Å². The smallest absolute Gasteiger partial charge is 0.335 e. The van der Waals surface area contributed by atoms with Gasteiger partial charge in [0.25, 0.3) is 0 Å². The van der Waals surface area contributed by atoms with Crippen molar-refractivity contribution in [1.82, 2.24) is 9.55 Å². The van der Waals surface area contributed by atoms with Crippen molar-refractivity contribution in [2.24, 2.45) is 7.05 Å². The second-order valence-corrected chi connectivity index (χ2v) is 3.94. The summed E-state index contributed by atoms with van der Waals surface area (Å²) in [7, 11) is 1.92. The largest absolute Gasteiger partial charge is 0.478 e. The first kappa shape index (κ1) is 10.0. The van der Waals surface area contributed by atoms with Crippen LogP contribution in [0.1, 0.15) is 10.4 Å². The highest BCUT2D eigenvalue weighted by Gasteiger charge is 2.09. The number of thioether (sulfide) groups is 1. The van der Waals surface area contributed by atoms with Gasteiger partial charge in [-0.15, -0.1) is 0 Å². The van der Waals surface area contributed by atoms with Crippen LogP contribution in [0, 0.1) is 0 Å². The second-order valence-electron chi connectivity index (χ2n) is 3.17. The third-order valence-electron chi connectivity index (χ3n) is 2.27. The fraction of sp³-hybridized carbons (Fsp3) is 0.200. The number of benzene rings is 1. The molecule has 2 rings (SSSR count). The predicted octanol–water partition coefficient (Wildman–Crippen LogP) is 1.99. The molecule has 1 heterocycles. The Morgan fingerprint density at radius 2 is 2.27 bits per heavy atom. The summed E-state index contributed by atoms with van der Waals surface area (Å²) >= 11 is 1.54. The Morgan fingerprint density at radius 1 is 1.53 bits per heavy atom. The van der Waals surface area contributed by atoms with Crippen molar-refractivity contribution >= 4 is 28.8 Å². The summed E-state index contributed by atoms with van der Waals surface area (Å²) in [5, 5.41) is 9.72. The molecule has 0 spiro atoms. The van der Waals surface area contributed by atoms with Crippen molar-refractivity contribution in [3.63, 3.8) is 0 Å². The summed E-state index contributed by atoms with van der Waals surface area (Å²) < 4.78 is 1.95. The molecule has 0 saturated carbocycles. The van der Waals surface area contributed by atoms with E-state index in [0.717, 1.165) is 16.2 Å². The summed E-state index contributed by atoms with van der Waals surface area (Å²) in [6.45, 7) is 0. The van der Waals surface area contributed by atoms with Crippen LogP contribution in [-0.4, -0.2) is 26.9 Å². The van der Waals surface area contributed by atoms with Crippen molar-refractivity contribution in [1.29, 1.82) is 0 Å². The van der Waals surface area contributed by atoms with Crippen LogP contribution >= 0.6 is 11.8 Å². The molecule has 0 bridgehead atoms. The molecule has 1 N–H and O–H groups in total.